The molecular formula is C14H20N4OS. The van der Waals surface area contributed by atoms with E-state index in [0.717, 1.165) is 27.9 Å². The van der Waals surface area contributed by atoms with Crippen LogP contribution in [0.4, 0.5) is 5.82 Å². The van der Waals surface area contributed by atoms with Gasteiger partial charge in [-0.1, -0.05) is 32.5 Å². The van der Waals surface area contributed by atoms with E-state index in [9.17, 15) is 0 Å². The predicted molar refractivity (Wildman–Crippen MR) is 81.5 cm³/mol. The van der Waals surface area contributed by atoms with E-state index in [1.807, 2.05) is 19.1 Å². The van der Waals surface area contributed by atoms with Gasteiger partial charge in [-0.3, -0.25) is 0 Å². The van der Waals surface area contributed by atoms with Crippen molar-refractivity contribution in [3.8, 4) is 0 Å². The van der Waals surface area contributed by atoms with Gasteiger partial charge in [0.2, 0.25) is 0 Å². The van der Waals surface area contributed by atoms with Gasteiger partial charge in [0.05, 0.1) is 12.0 Å². The first kappa shape index (κ1) is 14.9. The third-order valence-corrected chi connectivity index (χ3v) is 3.94. The maximum Gasteiger partial charge on any atom is 0.147 e. The summed E-state index contributed by atoms with van der Waals surface area (Å²) in [5.41, 5.74) is 3.48. The number of nitrogens with one attached hydrogen (secondary N) is 1. The molecule has 0 fully saturated rings. The Kier molecular flexibility index (Phi) is 4.35. The Morgan fingerprint density at radius 1 is 1.35 bits per heavy atom. The molecule has 2 rings (SSSR count). The minimum atomic E-state index is -0.126. The lowest BCUT2D eigenvalue weighted by atomic mass is 9.95. The zero-order valence-corrected chi connectivity index (χ0v) is 13.0. The molecule has 2 heterocycles. The van der Waals surface area contributed by atoms with Crippen LogP contribution < -0.4 is 11.3 Å². The van der Waals surface area contributed by atoms with Crippen molar-refractivity contribution in [1.82, 2.24) is 9.97 Å². The van der Waals surface area contributed by atoms with Crippen LogP contribution in [0.2, 0.25) is 0 Å². The summed E-state index contributed by atoms with van der Waals surface area (Å²) in [7, 11) is 0. The second-order valence-corrected chi connectivity index (χ2v) is 6.55. The number of nitrogens with two attached hydrogens (primary N) is 1. The number of nitrogen functional groups attached to an aromatic ring is 1. The van der Waals surface area contributed by atoms with E-state index in [0.29, 0.717) is 5.82 Å². The standard InChI is InChI=1S/C14H20N4OS/c1-9-11(18-15)16-13(14(2,3)4)17-12(9)20-8-10-6-5-7-19-10/h5-7H,8,15H2,1-4H3,(H,16,17,18). The number of furan rings is 1. The first-order valence-corrected chi connectivity index (χ1v) is 7.41. The largest absolute Gasteiger partial charge is 0.468 e. The van der Waals surface area contributed by atoms with E-state index >= 15 is 0 Å². The molecule has 0 aliphatic rings. The Hall–Kier alpha value is -1.53. The summed E-state index contributed by atoms with van der Waals surface area (Å²) in [6, 6.07) is 3.84. The summed E-state index contributed by atoms with van der Waals surface area (Å²) in [5, 5.41) is 0.925. The van der Waals surface area contributed by atoms with Crippen molar-refractivity contribution in [3.63, 3.8) is 0 Å². The van der Waals surface area contributed by atoms with Crippen molar-refractivity contribution in [2.75, 3.05) is 5.43 Å². The molecule has 20 heavy (non-hydrogen) atoms. The molecule has 0 aliphatic heterocycles. The van der Waals surface area contributed by atoms with Gasteiger partial charge in [0, 0.05) is 11.0 Å². The van der Waals surface area contributed by atoms with Crippen LogP contribution in [0, 0.1) is 6.92 Å². The Labute approximate surface area is 123 Å². The van der Waals surface area contributed by atoms with E-state index in [4.69, 9.17) is 10.3 Å². The van der Waals surface area contributed by atoms with Crippen LogP contribution in [0.3, 0.4) is 0 Å². The molecular weight excluding hydrogens is 272 g/mol. The highest BCUT2D eigenvalue weighted by Crippen LogP contribution is 2.30. The Morgan fingerprint density at radius 3 is 2.65 bits per heavy atom. The molecule has 2 aromatic heterocycles. The SMILES string of the molecule is Cc1c(NN)nc(C(C)(C)C)nc1SCc1ccco1. The van der Waals surface area contributed by atoms with Gasteiger partial charge in [0.25, 0.3) is 0 Å². The molecule has 5 nitrogen and oxygen atoms in total. The smallest absolute Gasteiger partial charge is 0.147 e. The molecule has 0 aliphatic carbocycles. The van der Waals surface area contributed by atoms with E-state index in [-0.39, 0.29) is 5.41 Å². The molecule has 0 saturated carbocycles. The van der Waals surface area contributed by atoms with Crippen molar-refractivity contribution in [3.05, 3.63) is 35.5 Å². The lowest BCUT2D eigenvalue weighted by Gasteiger charge is -2.19. The lowest BCUT2D eigenvalue weighted by Crippen LogP contribution is -2.20. The molecule has 108 valence electrons. The summed E-state index contributed by atoms with van der Waals surface area (Å²) in [6.45, 7) is 8.21. The fourth-order valence-electron chi connectivity index (χ4n) is 1.65. The van der Waals surface area contributed by atoms with Gasteiger partial charge in [0.1, 0.15) is 22.4 Å². The molecule has 0 radical (unpaired) electrons. The number of aromatic nitrogens is 2. The molecule has 2 aromatic rings. The minimum Gasteiger partial charge on any atom is -0.468 e. The number of nitrogens with zero attached hydrogens (tertiary/aromatic N) is 2. The van der Waals surface area contributed by atoms with E-state index in [2.05, 4.69) is 36.2 Å². The fourth-order valence-corrected chi connectivity index (χ4v) is 2.55. The molecule has 0 bridgehead atoms. The number of hydrogen-bond acceptors (Lipinski definition) is 6. The molecule has 0 unspecified atom stereocenters. The Morgan fingerprint density at radius 2 is 2.10 bits per heavy atom. The Bertz CT molecular complexity index is 576. The highest BCUT2D eigenvalue weighted by atomic mass is 32.2. The van der Waals surface area contributed by atoms with Crippen LogP contribution in [0.1, 0.15) is 37.9 Å². The summed E-state index contributed by atoms with van der Waals surface area (Å²) in [5.74, 6) is 8.66. The van der Waals surface area contributed by atoms with Crippen LogP contribution in [0.15, 0.2) is 27.8 Å². The van der Waals surface area contributed by atoms with Gasteiger partial charge >= 0.3 is 0 Å². The molecule has 0 atom stereocenters. The summed E-state index contributed by atoms with van der Waals surface area (Å²) in [4.78, 5) is 9.15. The number of rotatable bonds is 4. The van der Waals surface area contributed by atoms with Crippen LogP contribution in [0.25, 0.3) is 0 Å². The predicted octanol–water partition coefficient (Wildman–Crippen LogP) is 3.25. The second-order valence-electron chi connectivity index (χ2n) is 5.59. The van der Waals surface area contributed by atoms with Crippen LogP contribution in [-0.2, 0) is 11.2 Å². The van der Waals surface area contributed by atoms with Crippen molar-refractivity contribution in [2.24, 2.45) is 5.84 Å². The van der Waals surface area contributed by atoms with Crippen molar-refractivity contribution >= 4 is 17.6 Å². The third kappa shape index (κ3) is 3.32. The average Bonchev–Trinajstić information content (AvgIpc) is 2.89. The topological polar surface area (TPSA) is 77.0 Å². The summed E-state index contributed by atoms with van der Waals surface area (Å²) < 4.78 is 5.34. The van der Waals surface area contributed by atoms with Crippen LogP contribution in [-0.4, -0.2) is 9.97 Å². The quantitative estimate of drug-likeness (QED) is 0.390. The van der Waals surface area contributed by atoms with Gasteiger partial charge in [0.15, 0.2) is 0 Å². The van der Waals surface area contributed by atoms with E-state index < -0.39 is 0 Å². The van der Waals surface area contributed by atoms with Gasteiger partial charge in [-0.2, -0.15) is 0 Å². The maximum absolute atomic E-state index is 5.55. The molecule has 3 N–H and O–H groups in total. The highest BCUT2D eigenvalue weighted by molar-refractivity contribution is 7.98. The minimum absolute atomic E-state index is 0.126. The molecule has 6 heteroatoms. The normalized spacial score (nSPS) is 11.7. The summed E-state index contributed by atoms with van der Waals surface area (Å²) in [6.07, 6.45) is 1.68. The molecule has 0 spiro atoms. The maximum atomic E-state index is 5.55. The first-order valence-electron chi connectivity index (χ1n) is 6.42. The number of hydrazine groups is 1. The molecule has 0 saturated heterocycles. The van der Waals surface area contributed by atoms with Gasteiger partial charge in [-0.25, -0.2) is 15.8 Å². The van der Waals surface area contributed by atoms with Crippen molar-refractivity contribution < 1.29 is 4.42 Å². The Balaban J connectivity index is 2.30. The van der Waals surface area contributed by atoms with Gasteiger partial charge in [-0.15, -0.1) is 0 Å². The number of thioether (sulfide) groups is 1. The van der Waals surface area contributed by atoms with Gasteiger partial charge in [-0.05, 0) is 19.1 Å². The van der Waals surface area contributed by atoms with Crippen molar-refractivity contribution in [1.29, 1.82) is 0 Å². The lowest BCUT2D eigenvalue weighted by molar-refractivity contribution is 0.529. The monoisotopic (exact) mass is 292 g/mol. The van der Waals surface area contributed by atoms with Crippen LogP contribution >= 0.6 is 11.8 Å². The van der Waals surface area contributed by atoms with Crippen LogP contribution in [0.5, 0.6) is 0 Å². The third-order valence-electron chi connectivity index (χ3n) is 2.84. The van der Waals surface area contributed by atoms with E-state index in [1.54, 1.807) is 18.0 Å². The number of hydrogen-bond donors (Lipinski definition) is 2. The first-order chi connectivity index (χ1) is 9.41. The highest BCUT2D eigenvalue weighted by Gasteiger charge is 2.21. The number of anilines is 1. The summed E-state index contributed by atoms with van der Waals surface area (Å²) >= 11 is 1.62. The van der Waals surface area contributed by atoms with Gasteiger partial charge < -0.3 is 9.84 Å². The van der Waals surface area contributed by atoms with Crippen molar-refractivity contribution in [2.45, 2.75) is 43.9 Å². The average molecular weight is 292 g/mol. The van der Waals surface area contributed by atoms with E-state index in [1.165, 1.54) is 0 Å². The molecule has 0 aromatic carbocycles. The zero-order chi connectivity index (χ0) is 14.8. The fraction of sp³-hybridized carbons (Fsp3) is 0.429. The zero-order valence-electron chi connectivity index (χ0n) is 12.2. The molecule has 0 amide bonds. The second kappa shape index (κ2) is 5.85.